The predicted molar refractivity (Wildman–Crippen MR) is 48.8 cm³/mol. The number of ether oxygens (including phenoxy) is 1. The molecule has 1 aliphatic rings. The zero-order valence-electron chi connectivity index (χ0n) is 7.03. The molecule has 0 aliphatic carbocycles. The Labute approximate surface area is 79.7 Å². The maximum atomic E-state index is 10.8. The Kier molecular flexibility index (Phi) is 2.28. The Morgan fingerprint density at radius 2 is 2.62 bits per heavy atom. The van der Waals surface area contributed by atoms with E-state index in [-0.39, 0.29) is 0 Å². The summed E-state index contributed by atoms with van der Waals surface area (Å²) < 4.78 is 5.23. The summed E-state index contributed by atoms with van der Waals surface area (Å²) in [7, 11) is 0. The quantitative estimate of drug-likeness (QED) is 0.762. The second-order valence-corrected chi connectivity index (χ2v) is 4.05. The summed E-state index contributed by atoms with van der Waals surface area (Å²) in [5, 5.41) is 0.964. The van der Waals surface area contributed by atoms with E-state index in [4.69, 9.17) is 10.5 Å². The van der Waals surface area contributed by atoms with Crippen LogP contribution >= 0.6 is 11.3 Å². The highest BCUT2D eigenvalue weighted by Crippen LogP contribution is 2.28. The first-order valence-electron chi connectivity index (χ1n) is 4.10. The van der Waals surface area contributed by atoms with E-state index in [1.165, 1.54) is 11.3 Å². The van der Waals surface area contributed by atoms with Crippen molar-refractivity contribution in [2.24, 2.45) is 5.73 Å². The number of amides is 1. The molecule has 2 heterocycles. The minimum Gasteiger partial charge on any atom is -0.381 e. The van der Waals surface area contributed by atoms with Crippen LogP contribution in [0.15, 0.2) is 6.20 Å². The van der Waals surface area contributed by atoms with Gasteiger partial charge in [-0.15, -0.1) is 11.3 Å². The standard InChI is InChI=1S/C8H10N2O2S/c9-7(11)6-3-10-8(13-6)5-1-2-12-4-5/h3,5H,1-2,4H2,(H2,9,11). The van der Waals surface area contributed by atoms with Gasteiger partial charge in [0, 0.05) is 12.5 Å². The van der Waals surface area contributed by atoms with E-state index in [0.717, 1.165) is 18.0 Å². The monoisotopic (exact) mass is 198 g/mol. The number of thiazole rings is 1. The molecule has 2 rings (SSSR count). The third-order valence-electron chi connectivity index (χ3n) is 2.05. The minimum absolute atomic E-state index is 0.359. The Morgan fingerprint density at radius 1 is 1.77 bits per heavy atom. The highest BCUT2D eigenvalue weighted by atomic mass is 32.1. The van der Waals surface area contributed by atoms with Gasteiger partial charge in [0.15, 0.2) is 0 Å². The summed E-state index contributed by atoms with van der Waals surface area (Å²) in [6, 6.07) is 0. The number of aromatic nitrogens is 1. The topological polar surface area (TPSA) is 65.2 Å². The average Bonchev–Trinajstić information content (AvgIpc) is 2.75. The lowest BCUT2D eigenvalue weighted by atomic mass is 10.1. The van der Waals surface area contributed by atoms with Gasteiger partial charge in [0.1, 0.15) is 4.88 Å². The maximum Gasteiger partial charge on any atom is 0.260 e. The molecule has 2 N–H and O–H groups in total. The van der Waals surface area contributed by atoms with Gasteiger partial charge in [0.2, 0.25) is 0 Å². The van der Waals surface area contributed by atoms with Crippen LogP contribution in [0.3, 0.4) is 0 Å². The number of carbonyl (C=O) groups is 1. The highest BCUT2D eigenvalue weighted by Gasteiger charge is 2.21. The molecule has 4 nitrogen and oxygen atoms in total. The molecular weight excluding hydrogens is 188 g/mol. The SMILES string of the molecule is NC(=O)c1cnc(C2CCOC2)s1. The van der Waals surface area contributed by atoms with E-state index < -0.39 is 5.91 Å². The van der Waals surface area contributed by atoms with E-state index in [1.54, 1.807) is 6.20 Å². The molecule has 0 aromatic carbocycles. The van der Waals surface area contributed by atoms with Crippen LogP contribution in [0.4, 0.5) is 0 Å². The second kappa shape index (κ2) is 3.43. The number of carbonyl (C=O) groups excluding carboxylic acids is 1. The van der Waals surface area contributed by atoms with Crippen molar-refractivity contribution in [2.75, 3.05) is 13.2 Å². The van der Waals surface area contributed by atoms with Crippen LogP contribution in [0.1, 0.15) is 27.0 Å². The van der Waals surface area contributed by atoms with Gasteiger partial charge in [0.25, 0.3) is 5.91 Å². The Morgan fingerprint density at radius 3 is 3.15 bits per heavy atom. The molecule has 1 atom stereocenters. The molecule has 1 amide bonds. The molecule has 1 aliphatic heterocycles. The number of hydrogen-bond donors (Lipinski definition) is 1. The molecule has 1 unspecified atom stereocenters. The molecule has 0 spiro atoms. The predicted octanol–water partition coefficient (Wildman–Crippen LogP) is 0.746. The summed E-state index contributed by atoms with van der Waals surface area (Å²) >= 11 is 1.37. The maximum absolute atomic E-state index is 10.8. The molecule has 0 radical (unpaired) electrons. The van der Waals surface area contributed by atoms with Gasteiger partial charge < -0.3 is 10.5 Å². The van der Waals surface area contributed by atoms with Crippen molar-refractivity contribution in [3.8, 4) is 0 Å². The molecule has 0 saturated carbocycles. The van der Waals surface area contributed by atoms with Crippen LogP contribution in [-0.4, -0.2) is 24.1 Å². The number of primary amides is 1. The first-order valence-corrected chi connectivity index (χ1v) is 4.92. The van der Waals surface area contributed by atoms with Crippen LogP contribution in [0.5, 0.6) is 0 Å². The fraction of sp³-hybridized carbons (Fsp3) is 0.500. The summed E-state index contributed by atoms with van der Waals surface area (Å²) in [5.74, 6) is -0.0410. The van der Waals surface area contributed by atoms with Crippen molar-refractivity contribution in [1.82, 2.24) is 4.98 Å². The van der Waals surface area contributed by atoms with Crippen molar-refractivity contribution in [3.63, 3.8) is 0 Å². The third-order valence-corrected chi connectivity index (χ3v) is 3.22. The van der Waals surface area contributed by atoms with Crippen molar-refractivity contribution in [3.05, 3.63) is 16.1 Å². The number of nitrogens with zero attached hydrogens (tertiary/aromatic N) is 1. The molecule has 0 bridgehead atoms. The zero-order chi connectivity index (χ0) is 9.26. The van der Waals surface area contributed by atoms with Crippen molar-refractivity contribution in [1.29, 1.82) is 0 Å². The van der Waals surface area contributed by atoms with Gasteiger partial charge in [-0.3, -0.25) is 4.79 Å². The molecule has 5 heteroatoms. The van der Waals surface area contributed by atoms with Crippen LogP contribution in [0.25, 0.3) is 0 Å². The minimum atomic E-state index is -0.400. The Balaban J connectivity index is 2.16. The lowest BCUT2D eigenvalue weighted by molar-refractivity contribution is 0.100. The summed E-state index contributed by atoms with van der Waals surface area (Å²) in [6.45, 7) is 1.50. The summed E-state index contributed by atoms with van der Waals surface area (Å²) in [6.07, 6.45) is 2.53. The lowest BCUT2D eigenvalue weighted by Gasteiger charge is -1.99. The van der Waals surface area contributed by atoms with Crippen LogP contribution < -0.4 is 5.73 Å². The normalized spacial score (nSPS) is 22.0. The number of nitrogens with two attached hydrogens (primary N) is 1. The van der Waals surface area contributed by atoms with Crippen LogP contribution in [-0.2, 0) is 4.74 Å². The van der Waals surface area contributed by atoms with Gasteiger partial charge in [-0.05, 0) is 6.42 Å². The van der Waals surface area contributed by atoms with Gasteiger partial charge in [-0.2, -0.15) is 0 Å². The van der Waals surface area contributed by atoms with E-state index in [0.29, 0.717) is 17.4 Å². The molecular formula is C8H10N2O2S. The van der Waals surface area contributed by atoms with Crippen LogP contribution in [0.2, 0.25) is 0 Å². The highest BCUT2D eigenvalue weighted by molar-refractivity contribution is 7.13. The molecule has 1 aromatic heterocycles. The smallest absolute Gasteiger partial charge is 0.260 e. The Bertz CT molecular complexity index is 318. The van der Waals surface area contributed by atoms with Crippen LogP contribution in [0, 0.1) is 0 Å². The first-order chi connectivity index (χ1) is 6.27. The summed E-state index contributed by atoms with van der Waals surface area (Å²) in [4.78, 5) is 15.5. The third kappa shape index (κ3) is 1.71. The zero-order valence-corrected chi connectivity index (χ0v) is 7.84. The van der Waals surface area contributed by atoms with Gasteiger partial charge in [0.05, 0.1) is 17.8 Å². The summed E-state index contributed by atoms with van der Waals surface area (Å²) in [5.41, 5.74) is 5.13. The molecule has 1 aromatic rings. The second-order valence-electron chi connectivity index (χ2n) is 2.99. The molecule has 1 saturated heterocycles. The fourth-order valence-electron chi connectivity index (χ4n) is 1.32. The largest absolute Gasteiger partial charge is 0.381 e. The van der Waals surface area contributed by atoms with Crippen molar-refractivity contribution in [2.45, 2.75) is 12.3 Å². The molecule has 13 heavy (non-hydrogen) atoms. The fourth-order valence-corrected chi connectivity index (χ4v) is 2.21. The van der Waals surface area contributed by atoms with Gasteiger partial charge in [-0.1, -0.05) is 0 Å². The van der Waals surface area contributed by atoms with E-state index >= 15 is 0 Å². The van der Waals surface area contributed by atoms with Crippen molar-refractivity contribution >= 4 is 17.2 Å². The first kappa shape index (κ1) is 8.65. The Hall–Kier alpha value is -0.940. The van der Waals surface area contributed by atoms with Crippen molar-refractivity contribution < 1.29 is 9.53 Å². The lowest BCUT2D eigenvalue weighted by Crippen LogP contribution is -2.08. The van der Waals surface area contributed by atoms with Gasteiger partial charge in [-0.25, -0.2) is 4.98 Å². The average molecular weight is 198 g/mol. The molecule has 1 fully saturated rings. The van der Waals surface area contributed by atoms with Gasteiger partial charge >= 0.3 is 0 Å². The van der Waals surface area contributed by atoms with E-state index in [9.17, 15) is 4.79 Å². The number of rotatable bonds is 2. The number of hydrogen-bond acceptors (Lipinski definition) is 4. The van der Waals surface area contributed by atoms with E-state index in [1.807, 2.05) is 0 Å². The molecule has 70 valence electrons. The van der Waals surface area contributed by atoms with E-state index in [2.05, 4.69) is 4.98 Å².